The summed E-state index contributed by atoms with van der Waals surface area (Å²) in [4.78, 5) is 1.71. The Morgan fingerprint density at radius 2 is 1.64 bits per heavy atom. The summed E-state index contributed by atoms with van der Waals surface area (Å²) < 4.78 is 77.5. The smallest absolute Gasteiger partial charge is 0.263 e. The maximum Gasteiger partial charge on any atom is 0.263 e. The minimum Gasteiger partial charge on any atom is -0.748 e. The topological polar surface area (TPSA) is 131 Å². The first kappa shape index (κ1) is 29.9. The minimum absolute atomic E-state index is 0.0769. The van der Waals surface area contributed by atoms with E-state index in [1.165, 1.54) is 11.3 Å². The zero-order valence-corrected chi connectivity index (χ0v) is 25.3. The van der Waals surface area contributed by atoms with Crippen LogP contribution in [0.3, 0.4) is 0 Å². The molecule has 0 fully saturated rings. The number of fused-ring (bicyclic) bond motifs is 2. The second kappa shape index (κ2) is 12.4. The number of ether oxygens (including phenoxy) is 1. The van der Waals surface area contributed by atoms with Crippen molar-refractivity contribution in [2.24, 2.45) is 0 Å². The van der Waals surface area contributed by atoms with Crippen LogP contribution in [0.4, 0.5) is 5.69 Å². The van der Waals surface area contributed by atoms with Gasteiger partial charge in [0.05, 0.1) is 31.7 Å². The largest absolute Gasteiger partial charge is 0.748 e. The lowest BCUT2D eigenvalue weighted by atomic mass is 10.0. The van der Waals surface area contributed by atoms with E-state index in [-0.39, 0.29) is 13.0 Å². The van der Waals surface area contributed by atoms with E-state index in [0.717, 1.165) is 31.9 Å². The van der Waals surface area contributed by atoms with E-state index in [1.807, 2.05) is 96.4 Å². The van der Waals surface area contributed by atoms with Crippen LogP contribution in [0.1, 0.15) is 24.8 Å². The lowest BCUT2D eigenvalue weighted by Crippen LogP contribution is -2.36. The van der Waals surface area contributed by atoms with Crippen LogP contribution in [0.25, 0.3) is 27.4 Å². The third-order valence-corrected chi connectivity index (χ3v) is 9.42. The quantitative estimate of drug-likeness (QED) is 0.170. The molecule has 0 saturated carbocycles. The Labute approximate surface area is 249 Å². The molecular weight excluding hydrogens is 597 g/mol. The highest BCUT2D eigenvalue weighted by molar-refractivity contribution is 7.85. The van der Waals surface area contributed by atoms with Gasteiger partial charge in [0, 0.05) is 36.9 Å². The van der Waals surface area contributed by atoms with E-state index < -0.39 is 31.7 Å². The number of nitrogens with zero attached hydrogens (tertiary/aromatic N) is 2. The van der Waals surface area contributed by atoms with Crippen molar-refractivity contribution >= 4 is 53.6 Å². The molecule has 220 valence electrons. The van der Waals surface area contributed by atoms with Crippen molar-refractivity contribution < 1.29 is 35.2 Å². The van der Waals surface area contributed by atoms with Gasteiger partial charge in [-0.2, -0.15) is 4.57 Å². The predicted octanol–water partition coefficient (Wildman–Crippen LogP) is 4.87. The summed E-state index contributed by atoms with van der Waals surface area (Å²) >= 11 is 1.54. The first-order valence-electron chi connectivity index (χ1n) is 13.4. The van der Waals surface area contributed by atoms with Crippen molar-refractivity contribution in [1.82, 2.24) is 0 Å². The molecule has 0 radical (unpaired) electrons. The number of para-hydroxylation sites is 1. The zero-order valence-electron chi connectivity index (χ0n) is 22.8. The summed E-state index contributed by atoms with van der Waals surface area (Å²) in [6.07, 6.45) is 4.60. The van der Waals surface area contributed by atoms with E-state index in [1.54, 1.807) is 4.90 Å². The van der Waals surface area contributed by atoms with Gasteiger partial charge in [-0.1, -0.05) is 66.8 Å². The first-order chi connectivity index (χ1) is 20.0. The Bertz CT molecular complexity index is 1880. The number of hydrogen-bond acceptors (Lipinski definition) is 9. The number of allylic oxidation sites excluding steroid dienone is 2. The molecule has 0 N–H and O–H groups in total. The number of hydrogen-bond donors (Lipinski definition) is 0. The molecule has 42 heavy (non-hydrogen) atoms. The number of anilines is 1. The molecule has 0 atom stereocenters. The molecule has 1 aliphatic heterocycles. The van der Waals surface area contributed by atoms with Gasteiger partial charge in [-0.05, 0) is 41.3 Å². The van der Waals surface area contributed by atoms with Crippen molar-refractivity contribution in [1.29, 1.82) is 0 Å². The van der Waals surface area contributed by atoms with Gasteiger partial charge in [-0.3, -0.25) is 0 Å². The van der Waals surface area contributed by atoms with Crippen molar-refractivity contribution in [3.05, 3.63) is 95.3 Å². The summed E-state index contributed by atoms with van der Waals surface area (Å²) in [6.45, 7) is 2.25. The maximum atomic E-state index is 11.6. The normalized spacial score (nSPS) is 14.9. The summed E-state index contributed by atoms with van der Waals surface area (Å²) in [7, 11) is -8.81. The van der Waals surface area contributed by atoms with Crippen LogP contribution >= 0.6 is 11.3 Å². The molecule has 9 nitrogen and oxygen atoms in total. The summed E-state index contributed by atoms with van der Waals surface area (Å²) in [5.74, 6) is -0.0908. The molecule has 3 aromatic carbocycles. The third kappa shape index (κ3) is 7.26. The van der Waals surface area contributed by atoms with E-state index in [2.05, 4.69) is 0 Å². The Balaban J connectivity index is 1.52. The van der Waals surface area contributed by atoms with Crippen LogP contribution in [-0.4, -0.2) is 44.0 Å². The first-order valence-corrected chi connectivity index (χ1v) is 17.3. The Morgan fingerprint density at radius 1 is 0.929 bits per heavy atom. The summed E-state index contributed by atoms with van der Waals surface area (Å²) in [6, 6.07) is 23.2. The average Bonchev–Trinajstić information content (AvgIpc) is 3.47. The van der Waals surface area contributed by atoms with Gasteiger partial charge in [0.15, 0.2) is 12.3 Å². The van der Waals surface area contributed by atoms with E-state index in [9.17, 15) is 25.9 Å². The van der Waals surface area contributed by atoms with Crippen molar-refractivity contribution in [2.45, 2.75) is 26.3 Å². The van der Waals surface area contributed by atoms with Gasteiger partial charge < -0.3 is 18.7 Å². The van der Waals surface area contributed by atoms with Gasteiger partial charge >= 0.3 is 0 Å². The lowest BCUT2D eigenvalue weighted by Gasteiger charge is -2.20. The summed E-state index contributed by atoms with van der Waals surface area (Å²) in [5.41, 5.74) is 4.37. The van der Waals surface area contributed by atoms with Gasteiger partial charge in [0.25, 0.3) is 5.01 Å². The van der Waals surface area contributed by atoms with Crippen LogP contribution < -0.4 is 14.2 Å². The molecule has 0 bridgehead atoms. The second-order valence-corrected chi connectivity index (χ2v) is 13.9. The molecular formula is C30H29N2O7S3-. The Kier molecular flexibility index (Phi) is 8.81. The second-order valence-electron chi connectivity index (χ2n) is 9.79. The number of aryl methyl sites for hydroxylation is 1. The number of aromatic nitrogens is 1. The van der Waals surface area contributed by atoms with Crippen molar-refractivity contribution in [3.8, 4) is 16.9 Å². The highest BCUT2D eigenvalue weighted by atomic mass is 32.2. The monoisotopic (exact) mass is 625 g/mol. The number of benzene rings is 3. The van der Waals surface area contributed by atoms with Gasteiger partial charge in [-0.15, -0.1) is 0 Å². The predicted molar refractivity (Wildman–Crippen MR) is 162 cm³/mol. The molecule has 0 saturated heterocycles. The van der Waals surface area contributed by atoms with Crippen molar-refractivity contribution in [3.63, 3.8) is 0 Å². The molecule has 2 heterocycles. The highest BCUT2D eigenvalue weighted by Gasteiger charge is 2.28. The lowest BCUT2D eigenvalue weighted by molar-refractivity contribution is -0.668. The molecule has 1 aromatic heterocycles. The number of thiazole rings is 1. The average molecular weight is 626 g/mol. The molecule has 12 heteroatoms. The van der Waals surface area contributed by atoms with Crippen molar-refractivity contribution in [2.75, 3.05) is 23.0 Å². The van der Waals surface area contributed by atoms with Gasteiger partial charge in [0.2, 0.25) is 11.4 Å². The maximum absolute atomic E-state index is 11.6. The highest BCUT2D eigenvalue weighted by Crippen LogP contribution is 2.42. The SMILES string of the molecule is CCC(=Cc1sc2ccccc2[n+]1CCCS(=O)(=O)[O-])C=C1Oc2ccc(-c3ccccc3)cc2N1CCS(=O)(=O)[O-]. The molecule has 1 aliphatic rings. The third-order valence-electron chi connectivity index (χ3n) is 6.84. The molecule has 0 aliphatic carbocycles. The molecule has 0 unspecified atom stereocenters. The summed E-state index contributed by atoms with van der Waals surface area (Å²) in [5, 5.41) is 0.865. The fraction of sp³-hybridized carbons (Fsp3) is 0.233. The van der Waals surface area contributed by atoms with E-state index >= 15 is 0 Å². The van der Waals surface area contributed by atoms with Crippen LogP contribution in [0.2, 0.25) is 0 Å². The Morgan fingerprint density at radius 3 is 2.36 bits per heavy atom. The zero-order chi connectivity index (χ0) is 29.9. The fourth-order valence-electron chi connectivity index (χ4n) is 4.81. The van der Waals surface area contributed by atoms with Crippen LogP contribution in [0.15, 0.2) is 90.3 Å². The van der Waals surface area contributed by atoms with Crippen LogP contribution in [0.5, 0.6) is 5.75 Å². The Hall–Kier alpha value is -3.55. The van der Waals surface area contributed by atoms with Gasteiger partial charge in [-0.25, -0.2) is 16.8 Å². The fourth-order valence-corrected chi connectivity index (χ4v) is 6.86. The van der Waals surface area contributed by atoms with E-state index in [4.69, 9.17) is 4.74 Å². The molecule has 0 amide bonds. The van der Waals surface area contributed by atoms with Crippen LogP contribution in [0, 0.1) is 0 Å². The van der Waals surface area contributed by atoms with Gasteiger partial charge in [0.1, 0.15) is 4.70 Å². The minimum atomic E-state index is -4.48. The number of rotatable bonds is 11. The van der Waals surface area contributed by atoms with Crippen LogP contribution in [-0.2, 0) is 26.8 Å². The molecule has 0 spiro atoms. The molecule has 5 rings (SSSR count). The molecule has 4 aromatic rings. The standard InChI is InChI=1S/C30H30N2O7S3/c1-2-22(20-30-32(15-8-17-41(33,34)35)25-11-6-7-12-28(25)40-30)19-29-31(16-18-42(36,37)38)26-21-24(13-14-27(26)39-29)23-9-4-3-5-10-23/h3-7,9-14,19-21H,2,8,15-18H2,1H3,(H-,33,34,35,36,37,38)/p-1. The van der Waals surface area contributed by atoms with E-state index in [0.29, 0.717) is 30.3 Å².